The van der Waals surface area contributed by atoms with Gasteiger partial charge >= 0.3 is 0 Å². The molecule has 3 rings (SSSR count). The van der Waals surface area contributed by atoms with Gasteiger partial charge in [0.15, 0.2) is 18.1 Å². The van der Waals surface area contributed by atoms with Crippen molar-refractivity contribution in [1.82, 2.24) is 10.7 Å². The third-order valence-corrected chi connectivity index (χ3v) is 6.18. The van der Waals surface area contributed by atoms with E-state index in [4.69, 9.17) is 25.8 Å². The number of ether oxygens (including phenoxy) is 3. The molecule has 0 fully saturated rings. The van der Waals surface area contributed by atoms with Crippen LogP contribution in [-0.2, 0) is 16.2 Å². The molecule has 40 heavy (non-hydrogen) atoms. The van der Waals surface area contributed by atoms with Crippen LogP contribution in [0, 0.1) is 12.8 Å². The van der Waals surface area contributed by atoms with Gasteiger partial charge in [0.1, 0.15) is 18.4 Å². The van der Waals surface area contributed by atoms with E-state index in [9.17, 15) is 9.59 Å². The van der Waals surface area contributed by atoms with Crippen molar-refractivity contribution in [3.63, 3.8) is 0 Å². The van der Waals surface area contributed by atoms with Crippen LogP contribution < -0.4 is 25.0 Å². The molecule has 0 saturated heterocycles. The molecule has 9 heteroatoms. The second-order valence-corrected chi connectivity index (χ2v) is 9.96. The van der Waals surface area contributed by atoms with E-state index in [0.29, 0.717) is 47.5 Å². The van der Waals surface area contributed by atoms with Crippen LogP contribution >= 0.6 is 11.6 Å². The first-order valence-corrected chi connectivity index (χ1v) is 13.6. The Balaban J connectivity index is 1.59. The molecule has 212 valence electrons. The Labute approximate surface area is 240 Å². The van der Waals surface area contributed by atoms with Crippen LogP contribution in [0.5, 0.6) is 17.2 Å². The molecule has 0 saturated carbocycles. The number of hydrogen-bond acceptors (Lipinski definition) is 6. The van der Waals surface area contributed by atoms with Crippen molar-refractivity contribution in [2.75, 3.05) is 13.2 Å². The maximum Gasteiger partial charge on any atom is 0.262 e. The summed E-state index contributed by atoms with van der Waals surface area (Å²) in [7, 11) is 0. The van der Waals surface area contributed by atoms with Crippen LogP contribution in [0.3, 0.4) is 0 Å². The third-order valence-electron chi connectivity index (χ3n) is 5.81. The summed E-state index contributed by atoms with van der Waals surface area (Å²) in [6, 6.07) is 19.5. The van der Waals surface area contributed by atoms with Gasteiger partial charge in [-0.25, -0.2) is 5.43 Å². The number of carbonyl (C=O) groups excluding carboxylic acids is 2. The Morgan fingerprint density at radius 1 is 0.950 bits per heavy atom. The quantitative estimate of drug-likeness (QED) is 0.193. The first-order valence-electron chi connectivity index (χ1n) is 13.2. The minimum atomic E-state index is -0.760. The van der Waals surface area contributed by atoms with E-state index in [1.54, 1.807) is 24.3 Å². The van der Waals surface area contributed by atoms with Crippen molar-refractivity contribution in [3.8, 4) is 17.2 Å². The molecule has 0 aliphatic carbocycles. The van der Waals surface area contributed by atoms with Crippen molar-refractivity contribution in [2.45, 2.75) is 46.8 Å². The van der Waals surface area contributed by atoms with Gasteiger partial charge in [-0.3, -0.25) is 9.59 Å². The Kier molecular flexibility index (Phi) is 11.8. The highest BCUT2D eigenvalue weighted by Gasteiger charge is 2.22. The van der Waals surface area contributed by atoms with E-state index in [2.05, 4.69) is 15.8 Å². The van der Waals surface area contributed by atoms with Gasteiger partial charge in [-0.2, -0.15) is 5.10 Å². The molecule has 8 nitrogen and oxygen atoms in total. The lowest BCUT2D eigenvalue weighted by Gasteiger charge is -2.19. The second kappa shape index (κ2) is 15.5. The Morgan fingerprint density at radius 2 is 1.70 bits per heavy atom. The van der Waals surface area contributed by atoms with Gasteiger partial charge in [0.2, 0.25) is 0 Å². The van der Waals surface area contributed by atoms with Gasteiger partial charge in [-0.05, 0) is 67.6 Å². The van der Waals surface area contributed by atoms with Gasteiger partial charge < -0.3 is 19.5 Å². The van der Waals surface area contributed by atoms with Crippen molar-refractivity contribution < 1.29 is 23.8 Å². The molecule has 2 N–H and O–H groups in total. The molecule has 0 spiro atoms. The normalized spacial score (nSPS) is 11.8. The zero-order chi connectivity index (χ0) is 28.9. The first kappa shape index (κ1) is 30.5. The molecule has 1 atom stereocenters. The number of para-hydroxylation sites is 1. The summed E-state index contributed by atoms with van der Waals surface area (Å²) in [4.78, 5) is 25.4. The summed E-state index contributed by atoms with van der Waals surface area (Å²) in [6.45, 7) is 8.29. The summed E-state index contributed by atoms with van der Waals surface area (Å²) < 4.78 is 17.3. The number of benzene rings is 3. The molecule has 0 aliphatic rings. The maximum atomic E-state index is 12.9. The average molecular weight is 566 g/mol. The average Bonchev–Trinajstić information content (AvgIpc) is 2.92. The fourth-order valence-corrected chi connectivity index (χ4v) is 4.00. The fourth-order valence-electron chi connectivity index (χ4n) is 3.81. The molecule has 0 radical (unpaired) electrons. The Morgan fingerprint density at radius 3 is 2.42 bits per heavy atom. The molecule has 3 aromatic carbocycles. The highest BCUT2D eigenvalue weighted by atomic mass is 35.5. The van der Waals surface area contributed by atoms with Gasteiger partial charge in [0.05, 0.1) is 12.8 Å². The monoisotopic (exact) mass is 565 g/mol. The summed E-state index contributed by atoms with van der Waals surface area (Å²) in [5, 5.41) is 7.48. The zero-order valence-corrected chi connectivity index (χ0v) is 24.0. The van der Waals surface area contributed by atoms with Crippen molar-refractivity contribution >= 4 is 29.6 Å². The van der Waals surface area contributed by atoms with Crippen LogP contribution in [0.25, 0.3) is 0 Å². The van der Waals surface area contributed by atoms with Crippen molar-refractivity contribution in [3.05, 3.63) is 88.4 Å². The standard InChI is InChI=1S/C31H36ClN3O5/c1-5-38-29-17-23(14-15-28(29)39-19-24-11-7-8-12-25(24)32)18-33-35-31(37)26(16-21(2)3)34-30(36)20-40-27-13-9-6-10-22(27)4/h6-15,17-18,21,26H,5,16,19-20H2,1-4H3,(H,34,36)(H,35,37)/b33-18-/t26-/m1/s1. The first-order chi connectivity index (χ1) is 19.3. The topological polar surface area (TPSA) is 98.2 Å². The predicted molar refractivity (Wildman–Crippen MR) is 157 cm³/mol. The van der Waals surface area contributed by atoms with Crippen LogP contribution in [-0.4, -0.2) is 37.3 Å². The number of nitrogens with zero attached hydrogens (tertiary/aromatic N) is 1. The molecular formula is C31H36ClN3O5. The van der Waals surface area contributed by atoms with E-state index in [1.165, 1.54) is 6.21 Å². The number of amides is 2. The smallest absolute Gasteiger partial charge is 0.262 e. The molecular weight excluding hydrogens is 530 g/mol. The van der Waals surface area contributed by atoms with E-state index >= 15 is 0 Å². The minimum Gasteiger partial charge on any atom is -0.490 e. The largest absolute Gasteiger partial charge is 0.490 e. The number of halogens is 1. The van der Waals surface area contributed by atoms with E-state index in [1.807, 2.05) is 70.2 Å². The summed E-state index contributed by atoms with van der Waals surface area (Å²) in [5.41, 5.74) is 5.02. The highest BCUT2D eigenvalue weighted by Crippen LogP contribution is 2.29. The molecule has 3 aromatic rings. The number of rotatable bonds is 14. The van der Waals surface area contributed by atoms with Gasteiger partial charge in [0, 0.05) is 10.6 Å². The Hall–Kier alpha value is -4.04. The third kappa shape index (κ3) is 9.61. The molecule has 2 amide bonds. The molecule has 0 unspecified atom stereocenters. The maximum absolute atomic E-state index is 12.9. The number of aryl methyl sites for hydroxylation is 1. The number of hydrazone groups is 1. The SMILES string of the molecule is CCOc1cc(/C=N\NC(=O)[C@@H](CC(C)C)NC(=O)COc2ccccc2C)ccc1OCc1ccccc1Cl. The number of carbonyl (C=O) groups is 2. The second-order valence-electron chi connectivity index (χ2n) is 9.56. The Bertz CT molecular complexity index is 1310. The van der Waals surface area contributed by atoms with Gasteiger partial charge in [-0.1, -0.05) is 61.8 Å². The van der Waals surface area contributed by atoms with E-state index in [-0.39, 0.29) is 18.4 Å². The number of nitrogens with one attached hydrogen (secondary N) is 2. The number of hydrogen-bond donors (Lipinski definition) is 2. The van der Waals surface area contributed by atoms with Crippen LogP contribution in [0.1, 0.15) is 43.9 Å². The molecule has 0 heterocycles. The zero-order valence-electron chi connectivity index (χ0n) is 23.3. The van der Waals surface area contributed by atoms with Crippen LogP contribution in [0.15, 0.2) is 71.8 Å². The minimum absolute atomic E-state index is 0.171. The van der Waals surface area contributed by atoms with Gasteiger partial charge in [-0.15, -0.1) is 0 Å². The summed E-state index contributed by atoms with van der Waals surface area (Å²) in [5.74, 6) is 1.10. The molecule has 0 bridgehead atoms. The fraction of sp³-hybridized carbons (Fsp3) is 0.323. The predicted octanol–water partition coefficient (Wildman–Crippen LogP) is 5.69. The summed E-state index contributed by atoms with van der Waals surface area (Å²) in [6.07, 6.45) is 1.96. The van der Waals surface area contributed by atoms with Crippen LogP contribution in [0.2, 0.25) is 5.02 Å². The van der Waals surface area contributed by atoms with E-state index < -0.39 is 11.9 Å². The molecule has 0 aromatic heterocycles. The van der Waals surface area contributed by atoms with Crippen molar-refractivity contribution in [2.24, 2.45) is 11.0 Å². The van der Waals surface area contributed by atoms with Crippen LogP contribution in [0.4, 0.5) is 0 Å². The lowest BCUT2D eigenvalue weighted by molar-refractivity contribution is -0.130. The van der Waals surface area contributed by atoms with Gasteiger partial charge in [0.25, 0.3) is 11.8 Å². The van der Waals surface area contributed by atoms with E-state index in [0.717, 1.165) is 11.1 Å². The summed E-state index contributed by atoms with van der Waals surface area (Å²) >= 11 is 6.23. The molecule has 0 aliphatic heterocycles. The highest BCUT2D eigenvalue weighted by molar-refractivity contribution is 6.31. The van der Waals surface area contributed by atoms with Crippen molar-refractivity contribution in [1.29, 1.82) is 0 Å². The lowest BCUT2D eigenvalue weighted by atomic mass is 10.0. The lowest BCUT2D eigenvalue weighted by Crippen LogP contribution is -2.47.